The summed E-state index contributed by atoms with van der Waals surface area (Å²) in [7, 11) is 0. The molecule has 1 unspecified atom stereocenters. The van der Waals surface area contributed by atoms with Gasteiger partial charge in [-0.25, -0.2) is 0 Å². The van der Waals surface area contributed by atoms with Crippen molar-refractivity contribution in [2.45, 2.75) is 19.3 Å². The first kappa shape index (κ1) is 15.4. The Bertz CT molecular complexity index is 764. The van der Waals surface area contributed by atoms with Crippen molar-refractivity contribution < 1.29 is 9.90 Å². The van der Waals surface area contributed by atoms with E-state index in [4.69, 9.17) is 12.2 Å². The molecule has 116 valence electrons. The summed E-state index contributed by atoms with van der Waals surface area (Å²) in [5, 5.41) is 10.2. The highest BCUT2D eigenvalue weighted by atomic mass is 32.1. The standard InChI is InChI=1S/C19H17NO2S/c1-13(21)18-16(14-8-4-2-5-9-14)12-17(22)20(19(18)23)15-10-6-3-7-11-15/h2-11,16,21H,12H2,1H3/b18-13-. The molecule has 1 fully saturated rings. The Hall–Kier alpha value is -2.46. The summed E-state index contributed by atoms with van der Waals surface area (Å²) in [6.07, 6.45) is 0.284. The van der Waals surface area contributed by atoms with Gasteiger partial charge in [-0.15, -0.1) is 0 Å². The molecule has 23 heavy (non-hydrogen) atoms. The minimum atomic E-state index is -0.207. The molecule has 0 saturated carbocycles. The Morgan fingerprint density at radius 1 is 1.09 bits per heavy atom. The molecule has 0 spiro atoms. The molecule has 3 rings (SSSR count). The summed E-state index contributed by atoms with van der Waals surface area (Å²) in [4.78, 5) is 14.6. The van der Waals surface area contributed by atoms with Crippen LogP contribution in [0.5, 0.6) is 0 Å². The highest BCUT2D eigenvalue weighted by Gasteiger charge is 2.37. The lowest BCUT2D eigenvalue weighted by Gasteiger charge is -2.35. The van der Waals surface area contributed by atoms with Crippen LogP contribution in [-0.4, -0.2) is 16.0 Å². The third kappa shape index (κ3) is 2.90. The van der Waals surface area contributed by atoms with Crippen LogP contribution in [0.25, 0.3) is 0 Å². The number of para-hydroxylation sites is 1. The van der Waals surface area contributed by atoms with Gasteiger partial charge in [0.1, 0.15) is 4.99 Å². The number of piperidine rings is 1. The van der Waals surface area contributed by atoms with Crippen LogP contribution in [0, 0.1) is 0 Å². The second-order valence-corrected chi connectivity index (χ2v) is 5.92. The Labute approximate surface area is 140 Å². The number of amides is 1. The Morgan fingerprint density at radius 3 is 2.22 bits per heavy atom. The third-order valence-corrected chi connectivity index (χ3v) is 4.42. The number of aliphatic hydroxyl groups excluding tert-OH is 1. The third-order valence-electron chi connectivity index (χ3n) is 4.02. The van der Waals surface area contributed by atoms with Crippen LogP contribution in [0.15, 0.2) is 72.0 Å². The Balaban J connectivity index is 2.06. The molecule has 0 radical (unpaired) electrons. The summed E-state index contributed by atoms with van der Waals surface area (Å²) >= 11 is 5.55. The largest absolute Gasteiger partial charge is 0.512 e. The number of hydrogen-bond donors (Lipinski definition) is 1. The second-order valence-electron chi connectivity index (χ2n) is 5.54. The van der Waals surface area contributed by atoms with E-state index in [-0.39, 0.29) is 24.0 Å². The van der Waals surface area contributed by atoms with Gasteiger partial charge in [-0.3, -0.25) is 9.69 Å². The number of thiocarbonyl (C=S) groups is 1. The molecule has 1 aliphatic heterocycles. The predicted molar refractivity (Wildman–Crippen MR) is 95.7 cm³/mol. The van der Waals surface area contributed by atoms with Crippen LogP contribution in [0.4, 0.5) is 5.69 Å². The van der Waals surface area contributed by atoms with Crippen molar-refractivity contribution in [2.24, 2.45) is 0 Å². The molecule has 1 amide bonds. The SMILES string of the molecule is C/C(O)=C1/C(=S)N(c2ccccc2)C(=O)CC1c1ccccc1. The molecule has 1 saturated heterocycles. The summed E-state index contributed by atoms with van der Waals surface area (Å²) < 4.78 is 0. The minimum absolute atomic E-state index is 0.0555. The van der Waals surface area contributed by atoms with E-state index in [2.05, 4.69) is 0 Å². The molecule has 1 aliphatic rings. The molecule has 0 aliphatic carbocycles. The topological polar surface area (TPSA) is 40.5 Å². The first-order valence-electron chi connectivity index (χ1n) is 7.46. The van der Waals surface area contributed by atoms with E-state index in [1.807, 2.05) is 60.7 Å². The number of nitrogens with zero attached hydrogens (tertiary/aromatic N) is 1. The predicted octanol–water partition coefficient (Wildman–Crippen LogP) is 4.37. The van der Waals surface area contributed by atoms with E-state index < -0.39 is 0 Å². The van der Waals surface area contributed by atoms with Crippen LogP contribution in [0.1, 0.15) is 24.8 Å². The molecule has 2 aromatic rings. The molecule has 1 heterocycles. The average molecular weight is 323 g/mol. The molecule has 0 bridgehead atoms. The molecular weight excluding hydrogens is 306 g/mol. The van der Waals surface area contributed by atoms with Gasteiger partial charge in [0.2, 0.25) is 5.91 Å². The van der Waals surface area contributed by atoms with E-state index in [1.165, 1.54) is 4.90 Å². The monoisotopic (exact) mass is 323 g/mol. The molecule has 3 nitrogen and oxygen atoms in total. The lowest BCUT2D eigenvalue weighted by Crippen LogP contribution is -2.44. The normalized spacial score (nSPS) is 20.6. The van der Waals surface area contributed by atoms with Crippen molar-refractivity contribution in [3.63, 3.8) is 0 Å². The lowest BCUT2D eigenvalue weighted by molar-refractivity contribution is -0.118. The first-order chi connectivity index (χ1) is 11.1. The highest BCUT2D eigenvalue weighted by molar-refractivity contribution is 7.81. The van der Waals surface area contributed by atoms with E-state index in [9.17, 15) is 9.90 Å². The number of benzene rings is 2. The van der Waals surface area contributed by atoms with Crippen molar-refractivity contribution >= 4 is 28.8 Å². The molecule has 4 heteroatoms. The van der Waals surface area contributed by atoms with E-state index in [0.29, 0.717) is 10.6 Å². The fourth-order valence-electron chi connectivity index (χ4n) is 2.97. The zero-order chi connectivity index (χ0) is 16.4. The number of hydrogen-bond acceptors (Lipinski definition) is 3. The van der Waals surface area contributed by atoms with Crippen molar-refractivity contribution in [1.29, 1.82) is 0 Å². The van der Waals surface area contributed by atoms with Crippen LogP contribution >= 0.6 is 12.2 Å². The van der Waals surface area contributed by atoms with Gasteiger partial charge in [0.05, 0.1) is 5.76 Å². The summed E-state index contributed by atoms with van der Waals surface area (Å²) in [6.45, 7) is 1.62. The molecule has 0 aromatic heterocycles. The van der Waals surface area contributed by atoms with Gasteiger partial charge in [-0.1, -0.05) is 60.7 Å². The van der Waals surface area contributed by atoms with Crippen LogP contribution in [0.2, 0.25) is 0 Å². The van der Waals surface area contributed by atoms with Gasteiger partial charge >= 0.3 is 0 Å². The van der Waals surface area contributed by atoms with E-state index >= 15 is 0 Å². The van der Waals surface area contributed by atoms with E-state index in [0.717, 1.165) is 11.3 Å². The van der Waals surface area contributed by atoms with Crippen molar-refractivity contribution in [1.82, 2.24) is 0 Å². The maximum absolute atomic E-state index is 12.7. The van der Waals surface area contributed by atoms with Gasteiger partial charge < -0.3 is 5.11 Å². The van der Waals surface area contributed by atoms with Gasteiger partial charge in [0, 0.05) is 23.6 Å². The second kappa shape index (κ2) is 6.34. The number of carbonyl (C=O) groups is 1. The first-order valence-corrected chi connectivity index (χ1v) is 7.87. The number of carbonyl (C=O) groups excluding carboxylic acids is 1. The van der Waals surface area contributed by atoms with Crippen LogP contribution < -0.4 is 4.90 Å². The molecular formula is C19H17NO2S. The lowest BCUT2D eigenvalue weighted by atomic mass is 9.83. The maximum atomic E-state index is 12.7. The highest BCUT2D eigenvalue weighted by Crippen LogP contribution is 2.38. The van der Waals surface area contributed by atoms with Gasteiger partial charge in [0.25, 0.3) is 0 Å². The van der Waals surface area contributed by atoms with Gasteiger partial charge in [-0.05, 0) is 24.6 Å². The van der Waals surface area contributed by atoms with Crippen molar-refractivity contribution in [2.75, 3.05) is 4.90 Å². The molecule has 1 atom stereocenters. The van der Waals surface area contributed by atoms with Gasteiger partial charge in [0.15, 0.2) is 0 Å². The number of aliphatic hydroxyl groups is 1. The van der Waals surface area contributed by atoms with Gasteiger partial charge in [-0.2, -0.15) is 0 Å². The Kier molecular flexibility index (Phi) is 4.26. The smallest absolute Gasteiger partial charge is 0.233 e. The molecule has 2 aromatic carbocycles. The van der Waals surface area contributed by atoms with Crippen molar-refractivity contribution in [3.8, 4) is 0 Å². The quantitative estimate of drug-likeness (QED) is 0.507. The van der Waals surface area contributed by atoms with E-state index in [1.54, 1.807) is 6.92 Å². The zero-order valence-corrected chi connectivity index (χ0v) is 13.6. The zero-order valence-electron chi connectivity index (χ0n) is 12.8. The minimum Gasteiger partial charge on any atom is -0.512 e. The van der Waals surface area contributed by atoms with Crippen LogP contribution in [-0.2, 0) is 4.79 Å². The number of anilines is 1. The average Bonchev–Trinajstić information content (AvgIpc) is 2.55. The fraction of sp³-hybridized carbons (Fsp3) is 0.158. The number of rotatable bonds is 2. The van der Waals surface area contributed by atoms with Crippen LogP contribution in [0.3, 0.4) is 0 Å². The summed E-state index contributed by atoms with van der Waals surface area (Å²) in [5.74, 6) is -0.0986. The maximum Gasteiger partial charge on any atom is 0.233 e. The summed E-state index contributed by atoms with van der Waals surface area (Å²) in [6, 6.07) is 19.0. The summed E-state index contributed by atoms with van der Waals surface area (Å²) in [5.41, 5.74) is 2.36. The number of allylic oxidation sites excluding steroid dienone is 1. The van der Waals surface area contributed by atoms with Crippen molar-refractivity contribution in [3.05, 3.63) is 77.6 Å². The molecule has 1 N–H and O–H groups in total. The fourth-order valence-corrected chi connectivity index (χ4v) is 3.46. The Morgan fingerprint density at radius 2 is 1.65 bits per heavy atom.